The van der Waals surface area contributed by atoms with E-state index in [0.29, 0.717) is 5.69 Å². The van der Waals surface area contributed by atoms with Crippen molar-refractivity contribution in [1.82, 2.24) is 4.57 Å². The molecule has 0 fully saturated rings. The Kier molecular flexibility index (Phi) is 3.65. The lowest BCUT2D eigenvalue weighted by atomic mass is 10.1. The SMILES string of the molecule is Cc1cc(=O)c(C(=O)O)cn1Cc1cccc(F)c1F. The van der Waals surface area contributed by atoms with Gasteiger partial charge in [0.05, 0.1) is 6.54 Å². The predicted octanol–water partition coefficient (Wildman–Crippen LogP) is 2.18. The number of hydrogen-bond acceptors (Lipinski definition) is 2. The van der Waals surface area contributed by atoms with Crippen LogP contribution in [0.1, 0.15) is 21.6 Å². The first-order chi connectivity index (χ1) is 9.40. The van der Waals surface area contributed by atoms with Crippen molar-refractivity contribution >= 4 is 5.97 Å². The maximum atomic E-state index is 13.6. The van der Waals surface area contributed by atoms with E-state index in [1.165, 1.54) is 16.7 Å². The number of halogens is 2. The summed E-state index contributed by atoms with van der Waals surface area (Å²) in [4.78, 5) is 22.4. The smallest absolute Gasteiger partial charge is 0.341 e. The molecule has 0 spiro atoms. The number of pyridine rings is 1. The fourth-order valence-corrected chi connectivity index (χ4v) is 1.86. The molecule has 20 heavy (non-hydrogen) atoms. The number of nitrogens with zero attached hydrogens (tertiary/aromatic N) is 1. The van der Waals surface area contributed by atoms with E-state index in [0.717, 1.165) is 18.3 Å². The number of hydrogen-bond donors (Lipinski definition) is 1. The molecule has 1 N–H and O–H groups in total. The van der Waals surface area contributed by atoms with Crippen LogP contribution >= 0.6 is 0 Å². The van der Waals surface area contributed by atoms with E-state index in [9.17, 15) is 18.4 Å². The lowest BCUT2D eigenvalue weighted by molar-refractivity contribution is 0.0694. The molecule has 1 aromatic heterocycles. The quantitative estimate of drug-likeness (QED) is 0.936. The Morgan fingerprint density at radius 1 is 1.35 bits per heavy atom. The third-order valence-corrected chi connectivity index (χ3v) is 2.95. The Hall–Kier alpha value is -2.50. The van der Waals surface area contributed by atoms with Crippen molar-refractivity contribution in [1.29, 1.82) is 0 Å². The normalized spacial score (nSPS) is 10.6. The maximum Gasteiger partial charge on any atom is 0.341 e. The van der Waals surface area contributed by atoms with E-state index in [4.69, 9.17) is 5.11 Å². The first-order valence-corrected chi connectivity index (χ1v) is 5.77. The molecule has 0 saturated heterocycles. The van der Waals surface area contributed by atoms with Crippen molar-refractivity contribution in [3.63, 3.8) is 0 Å². The van der Waals surface area contributed by atoms with Crippen LogP contribution in [0.3, 0.4) is 0 Å². The molecule has 0 aliphatic rings. The minimum Gasteiger partial charge on any atom is -0.477 e. The van der Waals surface area contributed by atoms with Gasteiger partial charge in [0, 0.05) is 23.5 Å². The van der Waals surface area contributed by atoms with Crippen LogP contribution < -0.4 is 5.43 Å². The number of aryl methyl sites for hydroxylation is 1. The van der Waals surface area contributed by atoms with E-state index in [2.05, 4.69) is 0 Å². The Bertz CT molecular complexity index is 738. The van der Waals surface area contributed by atoms with E-state index in [1.54, 1.807) is 6.92 Å². The van der Waals surface area contributed by atoms with Crippen molar-refractivity contribution in [3.8, 4) is 0 Å². The Balaban J connectivity index is 2.48. The van der Waals surface area contributed by atoms with E-state index in [-0.39, 0.29) is 12.1 Å². The molecule has 0 bridgehead atoms. The molecule has 6 heteroatoms. The fourth-order valence-electron chi connectivity index (χ4n) is 1.86. The minimum atomic E-state index is -1.36. The van der Waals surface area contributed by atoms with Crippen molar-refractivity contribution < 1.29 is 18.7 Å². The van der Waals surface area contributed by atoms with Crippen LogP contribution in [0.5, 0.6) is 0 Å². The van der Waals surface area contributed by atoms with Gasteiger partial charge >= 0.3 is 5.97 Å². The number of carboxylic acids is 1. The molecule has 0 amide bonds. The number of aromatic nitrogens is 1. The van der Waals surface area contributed by atoms with Gasteiger partial charge in [-0.3, -0.25) is 4.79 Å². The molecular weight excluding hydrogens is 268 g/mol. The third kappa shape index (κ3) is 2.59. The summed E-state index contributed by atoms with van der Waals surface area (Å²) < 4.78 is 28.1. The van der Waals surface area contributed by atoms with Gasteiger partial charge in [-0.1, -0.05) is 12.1 Å². The zero-order valence-electron chi connectivity index (χ0n) is 10.6. The van der Waals surface area contributed by atoms with Crippen LogP contribution in [0.25, 0.3) is 0 Å². The summed E-state index contributed by atoms with van der Waals surface area (Å²) in [5, 5.41) is 8.90. The van der Waals surface area contributed by atoms with Gasteiger partial charge in [-0.05, 0) is 13.0 Å². The monoisotopic (exact) mass is 279 g/mol. The zero-order valence-corrected chi connectivity index (χ0v) is 10.6. The highest BCUT2D eigenvalue weighted by Crippen LogP contribution is 2.13. The number of aromatic carboxylic acids is 1. The van der Waals surface area contributed by atoms with Gasteiger partial charge in [-0.2, -0.15) is 0 Å². The summed E-state index contributed by atoms with van der Waals surface area (Å²) >= 11 is 0. The number of carboxylic acid groups (broad SMARTS) is 1. The van der Waals surface area contributed by atoms with Crippen LogP contribution in [0.4, 0.5) is 8.78 Å². The van der Waals surface area contributed by atoms with Gasteiger partial charge in [0.1, 0.15) is 5.56 Å². The molecule has 0 unspecified atom stereocenters. The standard InChI is InChI=1S/C14H11F2NO3/c1-8-5-12(18)10(14(19)20)7-17(8)6-9-3-2-4-11(15)13(9)16/h2-5,7H,6H2,1H3,(H,19,20). The second-order valence-electron chi connectivity index (χ2n) is 4.34. The summed E-state index contributed by atoms with van der Waals surface area (Å²) in [6.45, 7) is 1.53. The highest BCUT2D eigenvalue weighted by Gasteiger charge is 2.13. The Morgan fingerprint density at radius 3 is 2.70 bits per heavy atom. The lowest BCUT2D eigenvalue weighted by Gasteiger charge is -2.12. The van der Waals surface area contributed by atoms with Crippen molar-refractivity contribution in [2.45, 2.75) is 13.5 Å². The average molecular weight is 279 g/mol. The zero-order chi connectivity index (χ0) is 14.9. The second-order valence-corrected chi connectivity index (χ2v) is 4.34. The number of carbonyl (C=O) groups is 1. The molecular formula is C14H11F2NO3. The van der Waals surface area contributed by atoms with Crippen molar-refractivity contribution in [3.05, 3.63) is 69.1 Å². The van der Waals surface area contributed by atoms with E-state index in [1.807, 2.05) is 0 Å². The van der Waals surface area contributed by atoms with E-state index >= 15 is 0 Å². The minimum absolute atomic E-state index is 0.0595. The molecule has 0 aliphatic carbocycles. The summed E-state index contributed by atoms with van der Waals surface area (Å²) in [6, 6.07) is 4.92. The van der Waals surface area contributed by atoms with Crippen molar-refractivity contribution in [2.24, 2.45) is 0 Å². The summed E-state index contributed by atoms with van der Waals surface area (Å²) in [5.74, 6) is -3.31. The van der Waals surface area contributed by atoms with E-state index < -0.39 is 28.6 Å². The van der Waals surface area contributed by atoms with Gasteiger partial charge in [0.25, 0.3) is 0 Å². The predicted molar refractivity (Wildman–Crippen MR) is 67.9 cm³/mol. The van der Waals surface area contributed by atoms with Gasteiger partial charge in [0.2, 0.25) is 0 Å². The molecule has 0 atom stereocenters. The highest BCUT2D eigenvalue weighted by atomic mass is 19.2. The maximum absolute atomic E-state index is 13.6. The third-order valence-electron chi connectivity index (χ3n) is 2.95. The summed E-state index contributed by atoms with van der Waals surface area (Å²) in [7, 11) is 0. The fraction of sp³-hybridized carbons (Fsp3) is 0.143. The second kappa shape index (κ2) is 5.24. The molecule has 4 nitrogen and oxygen atoms in total. The molecule has 104 valence electrons. The molecule has 2 aromatic rings. The summed E-state index contributed by atoms with van der Waals surface area (Å²) in [6.07, 6.45) is 1.13. The van der Waals surface area contributed by atoms with Crippen LogP contribution in [-0.4, -0.2) is 15.6 Å². The molecule has 0 saturated carbocycles. The van der Waals surface area contributed by atoms with Crippen molar-refractivity contribution in [2.75, 3.05) is 0 Å². The molecule has 0 radical (unpaired) electrons. The van der Waals surface area contributed by atoms with Gasteiger partial charge in [0.15, 0.2) is 17.1 Å². The number of rotatable bonds is 3. The molecule has 0 aliphatic heterocycles. The first kappa shape index (κ1) is 13.9. The highest BCUT2D eigenvalue weighted by molar-refractivity contribution is 5.87. The number of benzene rings is 1. The van der Waals surface area contributed by atoms with Gasteiger partial charge < -0.3 is 9.67 Å². The van der Waals surface area contributed by atoms with Crippen LogP contribution in [-0.2, 0) is 6.54 Å². The topological polar surface area (TPSA) is 59.3 Å². The van der Waals surface area contributed by atoms with Crippen LogP contribution in [0, 0.1) is 18.6 Å². The molecule has 1 heterocycles. The molecule has 1 aromatic carbocycles. The molecule has 2 rings (SSSR count). The average Bonchev–Trinajstić information content (AvgIpc) is 2.37. The van der Waals surface area contributed by atoms with Gasteiger partial charge in [-0.15, -0.1) is 0 Å². The Labute approximate surface area is 112 Å². The lowest BCUT2D eigenvalue weighted by Crippen LogP contribution is -2.19. The first-order valence-electron chi connectivity index (χ1n) is 5.77. The largest absolute Gasteiger partial charge is 0.477 e. The van der Waals surface area contributed by atoms with Crippen LogP contribution in [0.15, 0.2) is 35.3 Å². The summed E-state index contributed by atoms with van der Waals surface area (Å²) in [5.41, 5.74) is -0.491. The van der Waals surface area contributed by atoms with Crippen LogP contribution in [0.2, 0.25) is 0 Å². The van der Waals surface area contributed by atoms with Gasteiger partial charge in [-0.25, -0.2) is 13.6 Å². The Morgan fingerprint density at radius 2 is 2.05 bits per heavy atom.